The Morgan fingerprint density at radius 3 is 0.673 bits per heavy atom. The highest BCUT2D eigenvalue weighted by Gasteiger charge is 2.25. The van der Waals surface area contributed by atoms with Gasteiger partial charge in [-0.25, -0.2) is 0 Å². The van der Waals surface area contributed by atoms with Gasteiger partial charge in [-0.2, -0.15) is 0 Å². The van der Waals surface area contributed by atoms with Crippen LogP contribution in [0.3, 0.4) is 0 Å². The second-order valence-electron chi connectivity index (χ2n) is 37.1. The first-order valence-corrected chi connectivity index (χ1v) is 49.8. The average Bonchev–Trinajstić information content (AvgIpc) is 1.59. The van der Waals surface area contributed by atoms with Gasteiger partial charge < -0.3 is 38.5 Å². The van der Waals surface area contributed by atoms with Crippen LogP contribution >= 0.6 is 0 Å². The van der Waals surface area contributed by atoms with Gasteiger partial charge in [0.1, 0.15) is 0 Å². The number of anilines is 18. The van der Waals surface area contributed by atoms with Crippen LogP contribution in [0.4, 0.5) is 102 Å². The maximum atomic E-state index is 4.36. The molecule has 0 saturated heterocycles. The molecule has 0 N–H and O–H groups in total. The maximum absolute atomic E-state index is 4.36. The third-order valence-electron chi connectivity index (χ3n) is 27.5. The highest BCUT2D eigenvalue weighted by Crippen LogP contribution is 2.48. The zero-order valence-electron chi connectivity index (χ0n) is 82.3. The maximum Gasteiger partial charge on any atom is 0.0572 e. The number of pyridine rings is 4. The molecule has 0 radical (unpaired) electrons. The lowest BCUT2D eigenvalue weighted by molar-refractivity contribution is 1.16. The summed E-state index contributed by atoms with van der Waals surface area (Å²) in [5.41, 5.74) is 37.6. The predicted octanol–water partition coefficient (Wildman–Crippen LogP) is 36.8. The number of fused-ring (bicyclic) bond motifs is 8. The standard InChI is InChI=1S/C57H48N4.C44H32N2.C34H24N6/c1-43-16-13-25-55(40-43)59(46-19-7-4-8-20-46)52-34-28-49(29-35-52)58(50-30-36-53(37-31-50)60(47-21-9-5-10-22-47)56-26-14-17-44(2)41-56)51-32-38-54(39-33-51)61(48-23-11-6-12-24-48)57-27-15-18-45(3)42-57;1-3-17-37(18-4-1)45(43-23-11-15-35-13-7-9-21-41(35)43)39-29-25-33(26-30-39)34-27-31-40(32-28-34)46(38-19-5-2-6-20-38)44-24-12-16-36-14-8-10-22-42(36)44;1-21-15-23(39-31-7-11-35-17-27(31)28-18-36-12-8-32(28)39)3-5-25(21)26-6-4-24(16-22(26)2)40-33-9-13-37-19-29(33)30-20-38-14-10-34(30)40/h4-42H,1-3H3;1-32H;3-20H,1-2H3. The van der Waals surface area contributed by atoms with Crippen molar-refractivity contribution in [3.63, 3.8) is 0 Å². The molecule has 0 aliphatic carbocycles. The normalized spacial score (nSPS) is 11.2. The molecule has 6 heterocycles. The second-order valence-corrected chi connectivity index (χ2v) is 37.1. The molecule has 0 aliphatic rings. The summed E-state index contributed by atoms with van der Waals surface area (Å²) in [4.78, 5) is 31.4. The Kier molecular flexibility index (Phi) is 25.6. The second kappa shape index (κ2) is 41.1. The molecular formula is C135H104N12. The van der Waals surface area contributed by atoms with Gasteiger partial charge >= 0.3 is 0 Å². The zero-order chi connectivity index (χ0) is 99.1. The smallest absolute Gasteiger partial charge is 0.0572 e. The topological polar surface area (TPSA) is 80.9 Å². The van der Waals surface area contributed by atoms with Crippen LogP contribution in [0.2, 0.25) is 0 Å². The Morgan fingerprint density at radius 2 is 0.395 bits per heavy atom. The van der Waals surface area contributed by atoms with Gasteiger partial charge in [0.2, 0.25) is 0 Å². The minimum atomic E-state index is 1.05. The highest BCUT2D eigenvalue weighted by atomic mass is 15.2. The van der Waals surface area contributed by atoms with Crippen molar-refractivity contribution in [1.82, 2.24) is 29.1 Å². The van der Waals surface area contributed by atoms with Crippen molar-refractivity contribution in [3.8, 4) is 33.6 Å². The molecule has 0 atom stereocenters. The lowest BCUT2D eigenvalue weighted by Gasteiger charge is -2.30. The molecule has 0 bridgehead atoms. The van der Waals surface area contributed by atoms with Gasteiger partial charge in [-0.15, -0.1) is 0 Å². The number of nitrogens with zero attached hydrogens (tertiary/aromatic N) is 12. The molecule has 0 fully saturated rings. The molecule has 6 aromatic heterocycles. The van der Waals surface area contributed by atoms with Crippen molar-refractivity contribution in [2.24, 2.45) is 0 Å². The summed E-state index contributed by atoms with van der Waals surface area (Å²) in [6, 6.07) is 175. The van der Waals surface area contributed by atoms with Crippen molar-refractivity contribution in [3.05, 3.63) is 569 Å². The first kappa shape index (κ1) is 91.5. The van der Waals surface area contributed by atoms with Gasteiger partial charge in [0.25, 0.3) is 0 Å². The molecule has 12 heteroatoms. The molecule has 0 saturated carbocycles. The van der Waals surface area contributed by atoms with Crippen LogP contribution in [0.5, 0.6) is 0 Å². The first-order valence-electron chi connectivity index (χ1n) is 49.8. The summed E-state index contributed by atoms with van der Waals surface area (Å²) in [7, 11) is 0. The van der Waals surface area contributed by atoms with Crippen LogP contribution < -0.4 is 29.4 Å². The van der Waals surface area contributed by atoms with Crippen LogP contribution in [0, 0.1) is 34.6 Å². The van der Waals surface area contributed by atoms with E-state index < -0.39 is 0 Å². The number of hydrogen-bond acceptors (Lipinski definition) is 10. The monoisotopic (exact) mass is 1890 g/mol. The van der Waals surface area contributed by atoms with Gasteiger partial charge in [0.15, 0.2) is 0 Å². The highest BCUT2D eigenvalue weighted by molar-refractivity contribution is 6.10. The van der Waals surface area contributed by atoms with Gasteiger partial charge in [-0.3, -0.25) is 19.9 Å². The van der Waals surface area contributed by atoms with Gasteiger partial charge in [0.05, 0.1) is 33.4 Å². The molecule has 0 aliphatic heterocycles. The third kappa shape index (κ3) is 18.7. The third-order valence-corrected chi connectivity index (χ3v) is 27.5. The lowest BCUT2D eigenvalue weighted by Crippen LogP contribution is -2.14. The van der Waals surface area contributed by atoms with Gasteiger partial charge in [-0.05, 0) is 350 Å². The van der Waals surface area contributed by atoms with E-state index >= 15 is 0 Å². The van der Waals surface area contributed by atoms with Crippen molar-refractivity contribution >= 4 is 168 Å². The molecular weight excluding hydrogens is 1790 g/mol. The summed E-state index contributed by atoms with van der Waals surface area (Å²) in [6.45, 7) is 10.8. The first-order chi connectivity index (χ1) is 72.5. The molecule has 19 aromatic carbocycles. The summed E-state index contributed by atoms with van der Waals surface area (Å²) >= 11 is 0. The van der Waals surface area contributed by atoms with Crippen LogP contribution in [0.25, 0.3) is 98.8 Å². The minimum Gasteiger partial charge on any atom is -0.310 e. The van der Waals surface area contributed by atoms with Crippen LogP contribution in [0.15, 0.2) is 541 Å². The van der Waals surface area contributed by atoms with E-state index in [0.29, 0.717) is 0 Å². The number of para-hydroxylation sites is 5. The van der Waals surface area contributed by atoms with E-state index in [2.05, 4.69) is 584 Å². The average molecular weight is 1890 g/mol. The molecule has 0 amide bonds. The fourth-order valence-electron chi connectivity index (χ4n) is 20.6. The van der Waals surface area contributed by atoms with Crippen LogP contribution in [-0.4, -0.2) is 29.1 Å². The summed E-state index contributed by atoms with van der Waals surface area (Å²) in [5, 5.41) is 9.33. The van der Waals surface area contributed by atoms with E-state index in [1.807, 2.05) is 49.6 Å². The molecule has 0 unspecified atom stereocenters. The number of aryl methyl sites for hydroxylation is 5. The Bertz CT molecular complexity index is 8220. The summed E-state index contributed by atoms with van der Waals surface area (Å²) in [6.07, 6.45) is 15.1. The van der Waals surface area contributed by atoms with Crippen molar-refractivity contribution in [1.29, 1.82) is 0 Å². The van der Waals surface area contributed by atoms with E-state index in [9.17, 15) is 0 Å². The zero-order valence-corrected chi connectivity index (χ0v) is 82.3. The Morgan fingerprint density at radius 1 is 0.170 bits per heavy atom. The summed E-state index contributed by atoms with van der Waals surface area (Å²) in [5.74, 6) is 0. The minimum absolute atomic E-state index is 1.05. The Labute approximate surface area is 857 Å². The van der Waals surface area contributed by atoms with E-state index in [-0.39, 0.29) is 0 Å². The molecule has 25 aromatic rings. The fraction of sp³-hybridized carbons (Fsp3) is 0.0370. The Balaban J connectivity index is 0.000000124. The van der Waals surface area contributed by atoms with Gasteiger partial charge in [-0.1, -0.05) is 237 Å². The molecule has 25 rings (SSSR count). The molecule has 12 nitrogen and oxygen atoms in total. The number of aromatic nitrogens is 6. The predicted molar refractivity (Wildman–Crippen MR) is 617 cm³/mol. The Hall–Kier alpha value is -19.3. The molecule has 704 valence electrons. The van der Waals surface area contributed by atoms with Crippen molar-refractivity contribution in [2.75, 3.05) is 29.4 Å². The molecule has 147 heavy (non-hydrogen) atoms. The summed E-state index contributed by atoms with van der Waals surface area (Å²) < 4.78 is 4.60. The molecule has 0 spiro atoms. The number of rotatable bonds is 22. The van der Waals surface area contributed by atoms with Gasteiger partial charge in [0, 0.05) is 184 Å². The quantitative estimate of drug-likeness (QED) is 0.0654. The van der Waals surface area contributed by atoms with Crippen LogP contribution in [0.1, 0.15) is 27.8 Å². The van der Waals surface area contributed by atoms with Crippen molar-refractivity contribution < 1.29 is 0 Å². The SMILES string of the molecule is Cc1cc(-n2c3ccncc3c3cnccc32)ccc1-c1ccc(-n2c3ccncc3c3cnccc32)cc1C.Cc1cccc(N(c2ccccc2)c2ccc(N(c3ccc(N(c4ccccc4)c4cccc(C)c4)cc3)c3ccc(N(c4ccccc4)c4cccc(C)c4)cc3)cc2)c1.c1ccc(N(c2ccc(-c3ccc(N(c4ccccc4)c4cccc5ccccc45)cc3)cc2)c2cccc3ccccc23)cc1. The van der Waals surface area contributed by atoms with Crippen molar-refractivity contribution in [2.45, 2.75) is 34.6 Å². The van der Waals surface area contributed by atoms with E-state index in [1.165, 1.54) is 71.6 Å². The van der Waals surface area contributed by atoms with E-state index in [1.54, 1.807) is 0 Å². The largest absolute Gasteiger partial charge is 0.310 e. The fourth-order valence-corrected chi connectivity index (χ4v) is 20.6. The lowest BCUT2D eigenvalue weighted by atomic mass is 9.95. The number of hydrogen-bond donors (Lipinski definition) is 0. The van der Waals surface area contributed by atoms with E-state index in [4.69, 9.17) is 0 Å². The van der Waals surface area contributed by atoms with E-state index in [0.717, 1.165) is 157 Å². The number of benzene rings is 19. The van der Waals surface area contributed by atoms with Crippen LogP contribution in [-0.2, 0) is 0 Å².